The van der Waals surface area contributed by atoms with E-state index in [1.54, 1.807) is 37.4 Å². The highest BCUT2D eigenvalue weighted by atomic mass is 79.9. The molecule has 0 aliphatic rings. The minimum Gasteiger partial charge on any atom is -0.496 e. The Balaban J connectivity index is 2.59. The highest BCUT2D eigenvalue weighted by Gasteiger charge is 2.22. The zero-order valence-electron chi connectivity index (χ0n) is 11.4. The molecule has 2 rings (SSSR count). The van der Waals surface area contributed by atoms with Crippen molar-refractivity contribution in [2.24, 2.45) is 0 Å². The Hall–Kier alpha value is -0.940. The zero-order valence-corrected chi connectivity index (χ0v) is 14.5. The number of halogens is 3. The van der Waals surface area contributed by atoms with Gasteiger partial charge in [-0.2, -0.15) is 0 Å². The molecule has 0 heterocycles. The lowest BCUT2D eigenvalue weighted by Gasteiger charge is -2.19. The second-order valence-corrected chi connectivity index (χ2v) is 5.94. The van der Waals surface area contributed by atoms with Crippen LogP contribution in [0, 0.1) is 0 Å². The van der Waals surface area contributed by atoms with Crippen molar-refractivity contribution in [1.82, 2.24) is 0 Å². The van der Waals surface area contributed by atoms with E-state index in [0.29, 0.717) is 32.7 Å². The van der Waals surface area contributed by atoms with Crippen molar-refractivity contribution in [1.29, 1.82) is 0 Å². The van der Waals surface area contributed by atoms with Gasteiger partial charge in [-0.1, -0.05) is 29.3 Å². The van der Waals surface area contributed by atoms with Gasteiger partial charge in [-0.05, 0) is 40.2 Å². The van der Waals surface area contributed by atoms with Crippen LogP contribution in [0.2, 0.25) is 10.0 Å². The van der Waals surface area contributed by atoms with Crippen LogP contribution in [0.3, 0.4) is 0 Å². The fourth-order valence-corrected chi connectivity index (χ4v) is 3.11. The molecule has 0 saturated carbocycles. The number of methoxy groups -OCH3 is 2. The van der Waals surface area contributed by atoms with Crippen molar-refractivity contribution in [2.75, 3.05) is 14.2 Å². The summed E-state index contributed by atoms with van der Waals surface area (Å²) in [6, 6.07) is 8.48. The Morgan fingerprint density at radius 2 is 1.62 bits per heavy atom. The summed E-state index contributed by atoms with van der Waals surface area (Å²) in [5.74, 6) is 1.08. The van der Waals surface area contributed by atoms with Crippen LogP contribution in [0.5, 0.6) is 11.5 Å². The number of hydrogen-bond acceptors (Lipinski definition) is 3. The lowest BCUT2D eigenvalue weighted by molar-refractivity contribution is 0.214. The average molecular weight is 392 g/mol. The molecule has 0 fully saturated rings. The van der Waals surface area contributed by atoms with E-state index in [1.807, 2.05) is 0 Å². The number of aliphatic hydroxyl groups excluding tert-OH is 1. The molecule has 6 heteroatoms. The van der Waals surface area contributed by atoms with Crippen LogP contribution in [0.4, 0.5) is 0 Å². The molecule has 0 aliphatic heterocycles. The summed E-state index contributed by atoms with van der Waals surface area (Å²) in [7, 11) is 3.07. The van der Waals surface area contributed by atoms with Gasteiger partial charge in [0, 0.05) is 21.2 Å². The molecule has 1 N–H and O–H groups in total. The van der Waals surface area contributed by atoms with Gasteiger partial charge in [0.25, 0.3) is 0 Å². The van der Waals surface area contributed by atoms with Gasteiger partial charge in [0.05, 0.1) is 18.7 Å². The first kappa shape index (κ1) is 16.4. The number of benzene rings is 2. The summed E-state index contributed by atoms with van der Waals surface area (Å²) in [5.41, 5.74) is 0.955. The van der Waals surface area contributed by atoms with E-state index in [1.165, 1.54) is 7.11 Å². The SMILES string of the molecule is COc1cc(C(O)c2c(Cl)cccc2Cl)c(OC)cc1Br. The Morgan fingerprint density at radius 3 is 2.14 bits per heavy atom. The third kappa shape index (κ3) is 3.29. The van der Waals surface area contributed by atoms with E-state index in [4.69, 9.17) is 32.7 Å². The first-order chi connectivity index (χ1) is 9.99. The van der Waals surface area contributed by atoms with Crippen LogP contribution < -0.4 is 9.47 Å². The largest absolute Gasteiger partial charge is 0.496 e. The van der Waals surface area contributed by atoms with Crippen LogP contribution in [0.15, 0.2) is 34.8 Å². The first-order valence-electron chi connectivity index (χ1n) is 6.03. The lowest BCUT2D eigenvalue weighted by atomic mass is 10.00. The molecule has 0 saturated heterocycles. The van der Waals surface area contributed by atoms with Crippen LogP contribution in [0.25, 0.3) is 0 Å². The smallest absolute Gasteiger partial charge is 0.133 e. The summed E-state index contributed by atoms with van der Waals surface area (Å²) in [5, 5.41) is 11.4. The Kier molecular flexibility index (Phi) is 5.38. The van der Waals surface area contributed by atoms with Gasteiger partial charge in [0.1, 0.15) is 17.6 Å². The molecule has 0 aromatic heterocycles. The van der Waals surface area contributed by atoms with Crippen LogP contribution in [0.1, 0.15) is 17.2 Å². The number of ether oxygens (including phenoxy) is 2. The second kappa shape index (κ2) is 6.88. The summed E-state index contributed by atoms with van der Waals surface area (Å²) in [6.45, 7) is 0. The molecular weight excluding hydrogens is 379 g/mol. The van der Waals surface area contributed by atoms with Gasteiger partial charge in [-0.25, -0.2) is 0 Å². The molecule has 0 bridgehead atoms. The minimum absolute atomic E-state index is 0.388. The Morgan fingerprint density at radius 1 is 1.05 bits per heavy atom. The summed E-state index contributed by atoms with van der Waals surface area (Å²) >= 11 is 15.7. The molecule has 1 atom stereocenters. The summed E-state index contributed by atoms with van der Waals surface area (Å²) < 4.78 is 11.3. The van der Waals surface area contributed by atoms with Crippen LogP contribution >= 0.6 is 39.1 Å². The summed E-state index contributed by atoms with van der Waals surface area (Å²) in [4.78, 5) is 0. The van der Waals surface area contributed by atoms with Gasteiger partial charge < -0.3 is 14.6 Å². The molecule has 1 unspecified atom stereocenters. The van der Waals surface area contributed by atoms with Crippen molar-refractivity contribution in [3.8, 4) is 11.5 Å². The minimum atomic E-state index is -1.02. The standard InChI is InChI=1S/C15H13BrCl2O3/c1-20-12-7-9(16)13(21-2)6-8(12)15(19)14-10(17)4-3-5-11(14)18/h3-7,15,19H,1-2H3. The third-order valence-electron chi connectivity index (χ3n) is 3.07. The van der Waals surface area contributed by atoms with Crippen molar-refractivity contribution in [3.05, 3.63) is 56.0 Å². The maximum atomic E-state index is 10.7. The third-order valence-corrected chi connectivity index (χ3v) is 4.35. The molecule has 0 amide bonds. The van der Waals surface area contributed by atoms with E-state index in [0.717, 1.165) is 4.47 Å². The maximum absolute atomic E-state index is 10.7. The fraction of sp³-hybridized carbons (Fsp3) is 0.200. The van der Waals surface area contributed by atoms with Crippen molar-refractivity contribution >= 4 is 39.1 Å². The van der Waals surface area contributed by atoms with Crippen LogP contribution in [-0.2, 0) is 0 Å². The van der Waals surface area contributed by atoms with Crippen molar-refractivity contribution < 1.29 is 14.6 Å². The van der Waals surface area contributed by atoms with E-state index in [2.05, 4.69) is 15.9 Å². The Labute approximate surface area is 141 Å². The van der Waals surface area contributed by atoms with Gasteiger partial charge in [-0.3, -0.25) is 0 Å². The highest BCUT2D eigenvalue weighted by molar-refractivity contribution is 9.10. The van der Waals surface area contributed by atoms with Gasteiger partial charge >= 0.3 is 0 Å². The average Bonchev–Trinajstić information content (AvgIpc) is 2.46. The van der Waals surface area contributed by atoms with Gasteiger partial charge in [0.15, 0.2) is 0 Å². The molecule has 3 nitrogen and oxygen atoms in total. The first-order valence-corrected chi connectivity index (χ1v) is 7.57. The second-order valence-electron chi connectivity index (χ2n) is 4.27. The number of hydrogen-bond donors (Lipinski definition) is 1. The van der Waals surface area contributed by atoms with Gasteiger partial charge in [0.2, 0.25) is 0 Å². The fourth-order valence-electron chi connectivity index (χ4n) is 2.03. The monoisotopic (exact) mass is 390 g/mol. The lowest BCUT2D eigenvalue weighted by Crippen LogP contribution is -2.05. The molecule has 0 spiro atoms. The molecule has 112 valence electrons. The quantitative estimate of drug-likeness (QED) is 0.809. The molecule has 2 aromatic rings. The zero-order chi connectivity index (χ0) is 15.6. The van der Waals surface area contributed by atoms with Crippen molar-refractivity contribution in [2.45, 2.75) is 6.10 Å². The van der Waals surface area contributed by atoms with E-state index in [-0.39, 0.29) is 0 Å². The predicted octanol–water partition coefficient (Wildman–Crippen LogP) is 4.85. The van der Waals surface area contributed by atoms with Crippen molar-refractivity contribution in [3.63, 3.8) is 0 Å². The van der Waals surface area contributed by atoms with E-state index < -0.39 is 6.10 Å². The molecular formula is C15H13BrCl2O3. The molecule has 0 radical (unpaired) electrons. The highest BCUT2D eigenvalue weighted by Crippen LogP contribution is 2.41. The topological polar surface area (TPSA) is 38.7 Å². The van der Waals surface area contributed by atoms with E-state index >= 15 is 0 Å². The molecule has 2 aromatic carbocycles. The molecule has 21 heavy (non-hydrogen) atoms. The maximum Gasteiger partial charge on any atom is 0.133 e. The Bertz CT molecular complexity index is 641. The van der Waals surface area contributed by atoms with E-state index in [9.17, 15) is 5.11 Å². The van der Waals surface area contributed by atoms with Gasteiger partial charge in [-0.15, -0.1) is 0 Å². The molecule has 0 aliphatic carbocycles. The number of aliphatic hydroxyl groups is 1. The number of rotatable bonds is 4. The predicted molar refractivity (Wildman–Crippen MR) is 87.8 cm³/mol. The van der Waals surface area contributed by atoms with Crippen LogP contribution in [-0.4, -0.2) is 19.3 Å². The normalized spacial score (nSPS) is 12.1. The summed E-state index contributed by atoms with van der Waals surface area (Å²) in [6.07, 6.45) is -1.02.